The van der Waals surface area contributed by atoms with Gasteiger partial charge < -0.3 is 21.4 Å². The lowest BCUT2D eigenvalue weighted by Gasteiger charge is -2.20. The van der Waals surface area contributed by atoms with Gasteiger partial charge in [0.1, 0.15) is 5.75 Å². The van der Waals surface area contributed by atoms with Gasteiger partial charge in [0.2, 0.25) is 0 Å². The monoisotopic (exact) mass is 251 g/mol. The van der Waals surface area contributed by atoms with Crippen LogP contribution in [0.5, 0.6) is 5.75 Å². The third-order valence-electron chi connectivity index (χ3n) is 2.52. The van der Waals surface area contributed by atoms with Gasteiger partial charge in [0.25, 0.3) is 5.91 Å². The van der Waals surface area contributed by atoms with Crippen molar-refractivity contribution in [2.75, 3.05) is 0 Å². The summed E-state index contributed by atoms with van der Waals surface area (Å²) >= 11 is 0. The van der Waals surface area contributed by atoms with Crippen molar-refractivity contribution < 1.29 is 15.1 Å². The number of amides is 1. The second-order valence-electron chi connectivity index (χ2n) is 4.27. The lowest BCUT2D eigenvalue weighted by molar-refractivity contribution is 0.0939. The largest absolute Gasteiger partial charge is 0.508 e. The topological polar surface area (TPSA) is 108 Å². The van der Waals surface area contributed by atoms with Crippen molar-refractivity contribution in [1.29, 1.82) is 0 Å². The number of phenolic OH excluding ortho intramolecular Hbond substituents is 1. The summed E-state index contributed by atoms with van der Waals surface area (Å²) < 4.78 is 0. The normalized spacial score (nSPS) is 13.4. The first kappa shape index (κ1) is 13.8. The standard InChI is InChI=1S/C12H17N3O3/c1-7(2)10(11(13)15-18)14-12(17)8-3-5-9(16)6-4-8/h3-7,10,16,18H,1-2H3,(H2,13,15)(H,14,17). The SMILES string of the molecule is CC(C)C(NC(=O)c1ccc(O)cc1)C(N)=NO. The number of aromatic hydroxyl groups is 1. The van der Waals surface area contributed by atoms with Crippen LogP contribution in [-0.4, -0.2) is 28.1 Å². The van der Waals surface area contributed by atoms with E-state index in [-0.39, 0.29) is 23.4 Å². The van der Waals surface area contributed by atoms with Gasteiger partial charge in [-0.25, -0.2) is 0 Å². The predicted octanol–water partition coefficient (Wildman–Crippen LogP) is 0.893. The first-order valence-electron chi connectivity index (χ1n) is 5.53. The van der Waals surface area contributed by atoms with Crippen molar-refractivity contribution in [3.8, 4) is 5.75 Å². The molecule has 0 radical (unpaired) electrons. The lowest BCUT2D eigenvalue weighted by Crippen LogP contribution is -2.47. The Kier molecular flexibility index (Phi) is 4.53. The van der Waals surface area contributed by atoms with Gasteiger partial charge in [0.05, 0.1) is 6.04 Å². The molecular formula is C12H17N3O3. The molecule has 0 saturated carbocycles. The number of benzene rings is 1. The van der Waals surface area contributed by atoms with Crippen LogP contribution in [0.4, 0.5) is 0 Å². The lowest BCUT2D eigenvalue weighted by atomic mass is 10.0. The molecule has 0 aromatic heterocycles. The molecule has 0 fully saturated rings. The molecule has 1 rings (SSSR count). The molecule has 0 bridgehead atoms. The van der Waals surface area contributed by atoms with Gasteiger partial charge in [0, 0.05) is 5.56 Å². The van der Waals surface area contributed by atoms with E-state index in [4.69, 9.17) is 16.0 Å². The Morgan fingerprint density at radius 3 is 2.33 bits per heavy atom. The van der Waals surface area contributed by atoms with Gasteiger partial charge in [-0.3, -0.25) is 4.79 Å². The number of amidine groups is 1. The van der Waals surface area contributed by atoms with E-state index in [1.54, 1.807) is 0 Å². The average Bonchev–Trinajstić information content (AvgIpc) is 2.35. The molecule has 0 spiro atoms. The number of rotatable bonds is 4. The molecule has 18 heavy (non-hydrogen) atoms. The summed E-state index contributed by atoms with van der Waals surface area (Å²) in [5.74, 6) is -0.317. The van der Waals surface area contributed by atoms with Crippen LogP contribution in [0.3, 0.4) is 0 Å². The van der Waals surface area contributed by atoms with Crippen LogP contribution in [-0.2, 0) is 0 Å². The highest BCUT2D eigenvalue weighted by atomic mass is 16.4. The van der Waals surface area contributed by atoms with Gasteiger partial charge in [-0.15, -0.1) is 0 Å². The molecule has 6 heteroatoms. The third kappa shape index (κ3) is 3.38. The number of nitrogens with zero attached hydrogens (tertiary/aromatic N) is 1. The Bertz CT molecular complexity index is 440. The Morgan fingerprint density at radius 2 is 1.89 bits per heavy atom. The maximum absolute atomic E-state index is 11.9. The number of nitrogens with two attached hydrogens (primary N) is 1. The number of oxime groups is 1. The maximum atomic E-state index is 11.9. The average molecular weight is 251 g/mol. The van der Waals surface area contributed by atoms with E-state index in [1.807, 2.05) is 13.8 Å². The molecule has 0 heterocycles. The van der Waals surface area contributed by atoms with Crippen molar-refractivity contribution in [2.24, 2.45) is 16.8 Å². The predicted molar refractivity (Wildman–Crippen MR) is 67.6 cm³/mol. The second kappa shape index (κ2) is 5.90. The minimum atomic E-state index is -0.545. The van der Waals surface area contributed by atoms with Crippen LogP contribution in [0.15, 0.2) is 29.4 Å². The third-order valence-corrected chi connectivity index (χ3v) is 2.52. The Morgan fingerprint density at radius 1 is 1.33 bits per heavy atom. The zero-order valence-electron chi connectivity index (χ0n) is 10.3. The van der Waals surface area contributed by atoms with Crippen LogP contribution >= 0.6 is 0 Å². The molecule has 1 unspecified atom stereocenters. The number of hydrogen-bond acceptors (Lipinski definition) is 4. The van der Waals surface area contributed by atoms with Gasteiger partial charge in [0.15, 0.2) is 5.84 Å². The summed E-state index contributed by atoms with van der Waals surface area (Å²) in [5, 5.41) is 23.4. The first-order valence-corrected chi connectivity index (χ1v) is 5.53. The summed E-state index contributed by atoms with van der Waals surface area (Å²) in [7, 11) is 0. The van der Waals surface area contributed by atoms with Crippen LogP contribution in [0.2, 0.25) is 0 Å². The molecule has 0 aliphatic rings. The molecular weight excluding hydrogens is 234 g/mol. The summed E-state index contributed by atoms with van der Waals surface area (Å²) in [5.41, 5.74) is 5.91. The van der Waals surface area contributed by atoms with E-state index in [0.717, 1.165) is 0 Å². The van der Waals surface area contributed by atoms with Crippen LogP contribution in [0, 0.1) is 5.92 Å². The van der Waals surface area contributed by atoms with E-state index >= 15 is 0 Å². The number of hydrogen-bond donors (Lipinski definition) is 4. The van der Waals surface area contributed by atoms with Crippen molar-refractivity contribution in [2.45, 2.75) is 19.9 Å². The minimum Gasteiger partial charge on any atom is -0.508 e. The molecule has 1 aromatic rings. The Balaban J connectivity index is 2.82. The van der Waals surface area contributed by atoms with Gasteiger partial charge >= 0.3 is 0 Å². The van der Waals surface area contributed by atoms with Crippen LogP contribution in [0.25, 0.3) is 0 Å². The summed E-state index contributed by atoms with van der Waals surface area (Å²) in [4.78, 5) is 11.9. The minimum absolute atomic E-state index is 0.0121. The highest BCUT2D eigenvalue weighted by Crippen LogP contribution is 2.10. The highest BCUT2D eigenvalue weighted by molar-refractivity contribution is 5.98. The maximum Gasteiger partial charge on any atom is 0.251 e. The van der Waals surface area contributed by atoms with Crippen molar-refractivity contribution in [1.82, 2.24) is 5.32 Å². The van der Waals surface area contributed by atoms with Gasteiger partial charge in [-0.2, -0.15) is 0 Å². The zero-order chi connectivity index (χ0) is 13.7. The zero-order valence-corrected chi connectivity index (χ0v) is 10.3. The summed E-state index contributed by atoms with van der Waals surface area (Å²) in [6.45, 7) is 3.69. The van der Waals surface area contributed by atoms with Crippen LogP contribution in [0.1, 0.15) is 24.2 Å². The molecule has 1 aromatic carbocycles. The van der Waals surface area contributed by atoms with E-state index < -0.39 is 6.04 Å². The smallest absolute Gasteiger partial charge is 0.251 e. The van der Waals surface area contributed by atoms with Crippen LogP contribution < -0.4 is 11.1 Å². The Labute approximate surface area is 105 Å². The molecule has 98 valence electrons. The molecule has 1 amide bonds. The van der Waals surface area contributed by atoms with E-state index in [9.17, 15) is 4.79 Å². The quantitative estimate of drug-likeness (QED) is 0.276. The molecule has 1 atom stereocenters. The van der Waals surface area contributed by atoms with Gasteiger partial charge in [-0.05, 0) is 30.2 Å². The summed E-state index contributed by atoms with van der Waals surface area (Å²) in [6.07, 6.45) is 0. The van der Waals surface area contributed by atoms with Crippen molar-refractivity contribution >= 4 is 11.7 Å². The molecule has 0 saturated heterocycles. The second-order valence-corrected chi connectivity index (χ2v) is 4.27. The molecule has 0 aliphatic carbocycles. The van der Waals surface area contributed by atoms with E-state index in [0.29, 0.717) is 5.56 Å². The van der Waals surface area contributed by atoms with Gasteiger partial charge in [-0.1, -0.05) is 19.0 Å². The molecule has 5 N–H and O–H groups in total. The molecule has 6 nitrogen and oxygen atoms in total. The number of phenols is 1. The fourth-order valence-electron chi connectivity index (χ4n) is 1.48. The number of carbonyl (C=O) groups is 1. The highest BCUT2D eigenvalue weighted by Gasteiger charge is 2.21. The first-order chi connectivity index (χ1) is 8.45. The number of carbonyl (C=O) groups excluding carboxylic acids is 1. The fraction of sp³-hybridized carbons (Fsp3) is 0.333. The number of nitrogens with one attached hydrogen (secondary N) is 1. The van der Waals surface area contributed by atoms with E-state index in [1.165, 1.54) is 24.3 Å². The van der Waals surface area contributed by atoms with E-state index in [2.05, 4.69) is 10.5 Å². The van der Waals surface area contributed by atoms with Crippen molar-refractivity contribution in [3.05, 3.63) is 29.8 Å². The summed E-state index contributed by atoms with van der Waals surface area (Å²) in [6, 6.07) is 5.28. The fourth-order valence-corrected chi connectivity index (χ4v) is 1.48. The van der Waals surface area contributed by atoms with Crippen molar-refractivity contribution in [3.63, 3.8) is 0 Å². The Hall–Kier alpha value is -2.24. The molecule has 0 aliphatic heterocycles.